The Bertz CT molecular complexity index is 476. The molecule has 0 amide bonds. The molecule has 1 aliphatic rings. The Hall–Kier alpha value is -1.39. The molecule has 0 aliphatic carbocycles. The monoisotopic (exact) mass is 290 g/mol. The van der Waals surface area contributed by atoms with E-state index in [1.165, 1.54) is 25.5 Å². The third-order valence-corrected chi connectivity index (χ3v) is 4.50. The highest BCUT2D eigenvalue weighted by Gasteiger charge is 2.25. The second-order valence-electron chi connectivity index (χ2n) is 5.98. The van der Waals surface area contributed by atoms with E-state index in [2.05, 4.69) is 17.9 Å². The molecule has 0 bridgehead atoms. The molecular weight excluding hydrogens is 264 g/mol. The van der Waals surface area contributed by atoms with Gasteiger partial charge in [-0.15, -0.1) is 0 Å². The molecule has 4 nitrogen and oxygen atoms in total. The van der Waals surface area contributed by atoms with Crippen molar-refractivity contribution < 1.29 is 9.53 Å². The van der Waals surface area contributed by atoms with Gasteiger partial charge in [0.1, 0.15) is 0 Å². The fourth-order valence-electron chi connectivity index (χ4n) is 3.01. The summed E-state index contributed by atoms with van der Waals surface area (Å²) in [7, 11) is 1.43. The summed E-state index contributed by atoms with van der Waals surface area (Å²) in [6.07, 6.45) is 2.76. The quantitative estimate of drug-likeness (QED) is 0.842. The number of hydrogen-bond acceptors (Lipinski definition) is 4. The number of benzene rings is 1. The van der Waals surface area contributed by atoms with Gasteiger partial charge >= 0.3 is 5.97 Å². The highest BCUT2D eigenvalue weighted by Crippen LogP contribution is 2.24. The Morgan fingerprint density at radius 1 is 1.33 bits per heavy atom. The minimum absolute atomic E-state index is 0.186. The molecule has 1 aliphatic heterocycles. The van der Waals surface area contributed by atoms with Gasteiger partial charge in [-0.2, -0.15) is 0 Å². The van der Waals surface area contributed by atoms with Crippen LogP contribution in [-0.2, 0) is 22.5 Å². The third kappa shape index (κ3) is 4.29. The van der Waals surface area contributed by atoms with Crippen LogP contribution in [0.4, 0.5) is 0 Å². The topological polar surface area (TPSA) is 55.6 Å². The van der Waals surface area contributed by atoms with Gasteiger partial charge in [0.25, 0.3) is 0 Å². The summed E-state index contributed by atoms with van der Waals surface area (Å²) in [5.74, 6) is 0.406. The zero-order valence-corrected chi connectivity index (χ0v) is 13.0. The summed E-state index contributed by atoms with van der Waals surface area (Å²) in [6, 6.07) is 8.70. The molecule has 1 heterocycles. The van der Waals surface area contributed by atoms with Crippen LogP contribution in [0.15, 0.2) is 24.3 Å². The number of nitrogens with two attached hydrogens (primary N) is 1. The van der Waals surface area contributed by atoms with E-state index in [0.29, 0.717) is 18.4 Å². The van der Waals surface area contributed by atoms with Crippen LogP contribution in [-0.4, -0.2) is 37.1 Å². The lowest BCUT2D eigenvalue weighted by molar-refractivity contribution is -0.139. The fourth-order valence-corrected chi connectivity index (χ4v) is 3.01. The molecule has 21 heavy (non-hydrogen) atoms. The zero-order chi connectivity index (χ0) is 15.2. The number of rotatable bonds is 5. The standard InChI is InChI=1S/C17H26N2O2/c1-13-7-8-14(10-18)11-19(13)12-16-6-4-3-5-15(16)9-17(20)21-2/h3-6,13-14H,7-12,18H2,1-2H3. The molecule has 1 fully saturated rings. The number of piperidine rings is 1. The molecular formula is C17H26N2O2. The second-order valence-corrected chi connectivity index (χ2v) is 5.98. The Morgan fingerprint density at radius 2 is 2.05 bits per heavy atom. The fraction of sp³-hybridized carbons (Fsp3) is 0.588. The minimum Gasteiger partial charge on any atom is -0.469 e. The largest absolute Gasteiger partial charge is 0.469 e. The summed E-state index contributed by atoms with van der Waals surface area (Å²) in [5, 5.41) is 0. The van der Waals surface area contributed by atoms with Gasteiger partial charge in [-0.05, 0) is 43.4 Å². The summed E-state index contributed by atoms with van der Waals surface area (Å²) < 4.78 is 4.79. The van der Waals surface area contributed by atoms with Crippen LogP contribution in [0.5, 0.6) is 0 Å². The van der Waals surface area contributed by atoms with E-state index < -0.39 is 0 Å². The molecule has 0 spiro atoms. The smallest absolute Gasteiger partial charge is 0.309 e. The average molecular weight is 290 g/mol. The summed E-state index contributed by atoms with van der Waals surface area (Å²) in [5.41, 5.74) is 8.11. The Labute approximate surface area is 127 Å². The van der Waals surface area contributed by atoms with Crippen molar-refractivity contribution in [1.82, 2.24) is 4.90 Å². The highest BCUT2D eigenvalue weighted by molar-refractivity contribution is 5.72. The van der Waals surface area contributed by atoms with E-state index in [-0.39, 0.29) is 5.97 Å². The molecule has 2 atom stereocenters. The van der Waals surface area contributed by atoms with Gasteiger partial charge in [-0.1, -0.05) is 24.3 Å². The lowest BCUT2D eigenvalue weighted by Gasteiger charge is -2.38. The first kappa shape index (κ1) is 16.0. The maximum atomic E-state index is 11.5. The predicted octanol–water partition coefficient (Wildman–Crippen LogP) is 1.96. The minimum atomic E-state index is -0.186. The number of hydrogen-bond donors (Lipinski definition) is 1. The molecule has 1 aromatic carbocycles. The van der Waals surface area contributed by atoms with E-state index in [1.807, 2.05) is 18.2 Å². The molecule has 4 heteroatoms. The van der Waals surface area contributed by atoms with Crippen LogP contribution in [0.1, 0.15) is 30.9 Å². The Morgan fingerprint density at radius 3 is 2.71 bits per heavy atom. The van der Waals surface area contributed by atoms with Gasteiger partial charge in [0.05, 0.1) is 13.5 Å². The van der Waals surface area contributed by atoms with Crippen molar-refractivity contribution in [2.45, 2.75) is 38.8 Å². The van der Waals surface area contributed by atoms with Gasteiger partial charge in [0.15, 0.2) is 0 Å². The molecule has 1 saturated heterocycles. The van der Waals surface area contributed by atoms with Crippen molar-refractivity contribution in [1.29, 1.82) is 0 Å². The van der Waals surface area contributed by atoms with Gasteiger partial charge < -0.3 is 10.5 Å². The van der Waals surface area contributed by atoms with Crippen LogP contribution in [0.25, 0.3) is 0 Å². The number of esters is 1. The summed E-state index contributed by atoms with van der Waals surface area (Å²) >= 11 is 0. The van der Waals surface area contributed by atoms with Crippen LogP contribution < -0.4 is 5.73 Å². The van der Waals surface area contributed by atoms with Crippen molar-refractivity contribution in [3.63, 3.8) is 0 Å². The van der Waals surface area contributed by atoms with Gasteiger partial charge in [-0.3, -0.25) is 9.69 Å². The van der Waals surface area contributed by atoms with Crippen molar-refractivity contribution in [2.75, 3.05) is 20.2 Å². The molecule has 2 unspecified atom stereocenters. The Balaban J connectivity index is 2.09. The highest BCUT2D eigenvalue weighted by atomic mass is 16.5. The SMILES string of the molecule is COC(=O)Cc1ccccc1CN1CC(CN)CCC1C. The van der Waals surface area contributed by atoms with Crippen LogP contribution >= 0.6 is 0 Å². The predicted molar refractivity (Wildman–Crippen MR) is 83.8 cm³/mol. The lowest BCUT2D eigenvalue weighted by atomic mass is 9.92. The third-order valence-electron chi connectivity index (χ3n) is 4.50. The Kier molecular flexibility index (Phi) is 5.76. The number of methoxy groups -OCH3 is 1. The number of ether oxygens (including phenoxy) is 1. The van der Waals surface area contributed by atoms with Crippen LogP contribution in [0.3, 0.4) is 0 Å². The first-order valence-corrected chi connectivity index (χ1v) is 7.71. The van der Waals surface area contributed by atoms with E-state index in [0.717, 1.165) is 25.2 Å². The zero-order valence-electron chi connectivity index (χ0n) is 13.0. The van der Waals surface area contributed by atoms with Gasteiger partial charge in [-0.25, -0.2) is 0 Å². The van der Waals surface area contributed by atoms with Crippen molar-refractivity contribution >= 4 is 5.97 Å². The van der Waals surface area contributed by atoms with E-state index in [1.54, 1.807) is 0 Å². The molecule has 0 saturated carbocycles. The average Bonchev–Trinajstić information content (AvgIpc) is 2.51. The molecule has 0 radical (unpaired) electrons. The molecule has 1 aromatic rings. The normalized spacial score (nSPS) is 23.0. The lowest BCUT2D eigenvalue weighted by Crippen LogP contribution is -2.43. The molecule has 2 rings (SSSR count). The van der Waals surface area contributed by atoms with E-state index in [4.69, 9.17) is 10.5 Å². The molecule has 0 aromatic heterocycles. The maximum Gasteiger partial charge on any atom is 0.309 e. The second kappa shape index (κ2) is 7.57. The van der Waals surface area contributed by atoms with E-state index >= 15 is 0 Å². The number of likely N-dealkylation sites (tertiary alicyclic amines) is 1. The van der Waals surface area contributed by atoms with Crippen LogP contribution in [0, 0.1) is 5.92 Å². The number of nitrogens with zero attached hydrogens (tertiary/aromatic N) is 1. The van der Waals surface area contributed by atoms with Crippen molar-refractivity contribution in [3.05, 3.63) is 35.4 Å². The van der Waals surface area contributed by atoms with Gasteiger partial charge in [0, 0.05) is 19.1 Å². The van der Waals surface area contributed by atoms with Crippen molar-refractivity contribution in [3.8, 4) is 0 Å². The maximum absolute atomic E-state index is 11.5. The first-order valence-electron chi connectivity index (χ1n) is 7.71. The summed E-state index contributed by atoms with van der Waals surface area (Å²) in [4.78, 5) is 14.0. The van der Waals surface area contributed by atoms with Gasteiger partial charge in [0.2, 0.25) is 0 Å². The van der Waals surface area contributed by atoms with E-state index in [9.17, 15) is 4.79 Å². The van der Waals surface area contributed by atoms with Crippen LogP contribution in [0.2, 0.25) is 0 Å². The first-order chi connectivity index (χ1) is 10.1. The van der Waals surface area contributed by atoms with Crippen molar-refractivity contribution in [2.24, 2.45) is 11.7 Å². The number of carbonyl (C=O) groups excluding carboxylic acids is 1. The molecule has 116 valence electrons. The summed E-state index contributed by atoms with van der Waals surface area (Å²) in [6.45, 7) is 4.96. The number of carbonyl (C=O) groups is 1. The molecule has 2 N–H and O–H groups in total.